The number of carbonyl (C=O) groups is 2. The highest BCUT2D eigenvalue weighted by Crippen LogP contribution is 2.23. The summed E-state index contributed by atoms with van der Waals surface area (Å²) in [5.74, 6) is 0.595. The molecule has 0 aliphatic carbocycles. The summed E-state index contributed by atoms with van der Waals surface area (Å²) in [6.45, 7) is 1.51. The van der Waals surface area contributed by atoms with Crippen molar-refractivity contribution < 1.29 is 9.59 Å². The molecule has 2 aliphatic rings. The molecular formula is C19H24Cl2N6O2. The first-order chi connectivity index (χ1) is 13.9. The molecule has 0 radical (unpaired) electrons. The SMILES string of the molecule is CN/C(=C1/CC(=O)NC1=N)N1CCC[C@@H](NC(=O)CNc2cc(Cl)cc(Cl)c2)C1. The van der Waals surface area contributed by atoms with E-state index in [1.807, 2.05) is 0 Å². The number of nitrogens with one attached hydrogen (secondary N) is 5. The Morgan fingerprint density at radius 2 is 2.03 bits per heavy atom. The minimum Gasteiger partial charge on any atom is -0.376 e. The Bertz CT molecular complexity index is 837. The molecule has 2 saturated heterocycles. The monoisotopic (exact) mass is 438 g/mol. The maximum Gasteiger partial charge on any atom is 0.239 e. The van der Waals surface area contributed by atoms with E-state index in [-0.39, 0.29) is 36.7 Å². The van der Waals surface area contributed by atoms with Crippen molar-refractivity contribution in [2.24, 2.45) is 0 Å². The molecule has 2 fully saturated rings. The van der Waals surface area contributed by atoms with Crippen LogP contribution >= 0.6 is 23.2 Å². The Kier molecular flexibility index (Phi) is 6.87. The van der Waals surface area contributed by atoms with Gasteiger partial charge in [-0.15, -0.1) is 0 Å². The second-order valence-electron chi connectivity index (χ2n) is 7.04. The lowest BCUT2D eigenvalue weighted by molar-refractivity contribution is -0.120. The van der Waals surface area contributed by atoms with E-state index in [1.54, 1.807) is 25.2 Å². The second kappa shape index (κ2) is 9.37. The maximum absolute atomic E-state index is 12.4. The molecular weight excluding hydrogens is 415 g/mol. The quantitative estimate of drug-likeness (QED) is 0.465. The molecule has 5 N–H and O–H groups in total. The summed E-state index contributed by atoms with van der Waals surface area (Å²) >= 11 is 11.9. The minimum absolute atomic E-state index is 0.0239. The minimum atomic E-state index is -0.174. The number of nitrogens with zero attached hydrogens (tertiary/aromatic N) is 1. The van der Waals surface area contributed by atoms with E-state index >= 15 is 0 Å². The van der Waals surface area contributed by atoms with Gasteiger partial charge in [-0.2, -0.15) is 0 Å². The van der Waals surface area contributed by atoms with Crippen LogP contribution in [0.25, 0.3) is 0 Å². The van der Waals surface area contributed by atoms with Crippen LogP contribution in [0.4, 0.5) is 5.69 Å². The first kappa shape index (κ1) is 21.3. The van der Waals surface area contributed by atoms with Gasteiger partial charge in [0.25, 0.3) is 0 Å². The van der Waals surface area contributed by atoms with Gasteiger partial charge in [0.1, 0.15) is 11.7 Å². The highest BCUT2D eigenvalue weighted by Gasteiger charge is 2.29. The average molecular weight is 439 g/mol. The predicted octanol–water partition coefficient (Wildman–Crippen LogP) is 1.91. The van der Waals surface area contributed by atoms with Crippen LogP contribution in [0.2, 0.25) is 10.0 Å². The zero-order chi connectivity index (χ0) is 21.0. The third-order valence-corrected chi connectivity index (χ3v) is 5.28. The van der Waals surface area contributed by atoms with Crippen LogP contribution in [0.3, 0.4) is 0 Å². The summed E-state index contributed by atoms with van der Waals surface area (Å²) in [5.41, 5.74) is 1.34. The van der Waals surface area contributed by atoms with Crippen molar-refractivity contribution in [1.82, 2.24) is 20.9 Å². The summed E-state index contributed by atoms with van der Waals surface area (Å²) in [6, 6.07) is 5.02. The van der Waals surface area contributed by atoms with Gasteiger partial charge in [-0.25, -0.2) is 0 Å². The van der Waals surface area contributed by atoms with Crippen molar-refractivity contribution in [1.29, 1.82) is 5.41 Å². The van der Waals surface area contributed by atoms with Gasteiger partial charge in [-0.1, -0.05) is 23.2 Å². The lowest BCUT2D eigenvalue weighted by Gasteiger charge is -2.36. The van der Waals surface area contributed by atoms with Gasteiger partial charge in [0.2, 0.25) is 11.8 Å². The number of piperidine rings is 1. The van der Waals surface area contributed by atoms with Crippen LogP contribution in [-0.4, -0.2) is 55.3 Å². The molecule has 0 unspecified atom stereocenters. The van der Waals surface area contributed by atoms with E-state index in [9.17, 15) is 9.59 Å². The molecule has 3 rings (SSSR count). The molecule has 8 nitrogen and oxygen atoms in total. The number of anilines is 1. The van der Waals surface area contributed by atoms with Crippen LogP contribution in [-0.2, 0) is 9.59 Å². The van der Waals surface area contributed by atoms with E-state index in [4.69, 9.17) is 28.6 Å². The number of amidine groups is 1. The number of hydrogen-bond donors (Lipinski definition) is 5. The Labute approximate surface area is 179 Å². The Balaban J connectivity index is 1.57. The lowest BCUT2D eigenvalue weighted by atomic mass is 10.0. The average Bonchev–Trinajstić information content (AvgIpc) is 2.98. The molecule has 0 saturated carbocycles. The molecule has 1 aromatic carbocycles. The summed E-state index contributed by atoms with van der Waals surface area (Å²) < 4.78 is 0. The smallest absolute Gasteiger partial charge is 0.239 e. The summed E-state index contributed by atoms with van der Waals surface area (Å²) in [4.78, 5) is 26.1. The first-order valence-electron chi connectivity index (χ1n) is 9.39. The van der Waals surface area contributed by atoms with Crippen LogP contribution in [0.5, 0.6) is 0 Å². The van der Waals surface area contributed by atoms with Gasteiger partial charge < -0.3 is 26.2 Å². The fourth-order valence-electron chi connectivity index (χ4n) is 3.62. The Hall–Kier alpha value is -2.45. The number of hydrogen-bond acceptors (Lipinski definition) is 6. The zero-order valence-corrected chi connectivity index (χ0v) is 17.6. The molecule has 1 atom stereocenters. The van der Waals surface area contributed by atoms with Crippen molar-refractivity contribution in [3.8, 4) is 0 Å². The van der Waals surface area contributed by atoms with E-state index < -0.39 is 0 Å². The number of halogens is 2. The van der Waals surface area contributed by atoms with E-state index in [0.29, 0.717) is 27.9 Å². The van der Waals surface area contributed by atoms with Crippen LogP contribution in [0.1, 0.15) is 19.3 Å². The summed E-state index contributed by atoms with van der Waals surface area (Å²) in [7, 11) is 1.78. The van der Waals surface area contributed by atoms with Gasteiger partial charge in [0.05, 0.1) is 13.0 Å². The number of rotatable bonds is 6. The number of benzene rings is 1. The molecule has 156 valence electrons. The predicted molar refractivity (Wildman–Crippen MR) is 114 cm³/mol. The van der Waals surface area contributed by atoms with Crippen molar-refractivity contribution in [2.75, 3.05) is 32.0 Å². The molecule has 2 amide bonds. The largest absolute Gasteiger partial charge is 0.376 e. The number of amides is 2. The molecule has 1 aromatic rings. The maximum atomic E-state index is 12.4. The number of carbonyl (C=O) groups excluding carboxylic acids is 2. The normalized spacial score (nSPS) is 20.9. The van der Waals surface area contributed by atoms with Gasteiger partial charge in [0.15, 0.2) is 0 Å². The molecule has 2 heterocycles. The fraction of sp³-hybridized carbons (Fsp3) is 0.421. The molecule has 0 spiro atoms. The van der Waals surface area contributed by atoms with Crippen molar-refractivity contribution in [3.05, 3.63) is 39.6 Å². The van der Waals surface area contributed by atoms with Gasteiger partial charge >= 0.3 is 0 Å². The van der Waals surface area contributed by atoms with Crippen molar-refractivity contribution in [3.63, 3.8) is 0 Å². The third kappa shape index (κ3) is 5.55. The molecule has 0 bridgehead atoms. The lowest BCUT2D eigenvalue weighted by Crippen LogP contribution is -2.50. The van der Waals surface area contributed by atoms with Crippen molar-refractivity contribution >= 4 is 46.5 Å². The van der Waals surface area contributed by atoms with E-state index in [0.717, 1.165) is 25.2 Å². The van der Waals surface area contributed by atoms with E-state index in [2.05, 4.69) is 26.2 Å². The standard InChI is InChI=1S/C19H24Cl2N6O2/c1-23-19(15-8-16(28)26-18(15)22)27-4-2-3-13(10-27)25-17(29)9-24-14-6-11(20)5-12(21)7-14/h5-7,13,23-24H,2-4,8-10H2,1H3,(H,25,29)(H2,22,26,28)/b19-15+/t13-/m1/s1. The highest BCUT2D eigenvalue weighted by atomic mass is 35.5. The fourth-order valence-corrected chi connectivity index (χ4v) is 4.15. The zero-order valence-electron chi connectivity index (χ0n) is 16.1. The van der Waals surface area contributed by atoms with Crippen molar-refractivity contribution in [2.45, 2.75) is 25.3 Å². The first-order valence-corrected chi connectivity index (χ1v) is 10.1. The molecule has 0 aromatic heterocycles. The molecule has 29 heavy (non-hydrogen) atoms. The van der Waals surface area contributed by atoms with E-state index in [1.165, 1.54) is 0 Å². The molecule has 10 heteroatoms. The highest BCUT2D eigenvalue weighted by molar-refractivity contribution is 6.35. The van der Waals surface area contributed by atoms with Crippen LogP contribution in [0, 0.1) is 5.41 Å². The Morgan fingerprint density at radius 1 is 1.31 bits per heavy atom. The summed E-state index contributed by atoms with van der Waals surface area (Å²) in [6.07, 6.45) is 1.95. The third-order valence-electron chi connectivity index (χ3n) is 4.84. The topological polar surface area (TPSA) is 109 Å². The van der Waals surface area contributed by atoms with Gasteiger partial charge in [-0.05, 0) is 31.0 Å². The van der Waals surface area contributed by atoms with Crippen LogP contribution in [0.15, 0.2) is 29.6 Å². The summed E-state index contributed by atoms with van der Waals surface area (Å²) in [5, 5.41) is 20.7. The second-order valence-corrected chi connectivity index (χ2v) is 7.91. The Morgan fingerprint density at radius 3 is 2.66 bits per heavy atom. The molecule has 2 aliphatic heterocycles. The van der Waals surface area contributed by atoms with Crippen LogP contribution < -0.4 is 21.3 Å². The van der Waals surface area contributed by atoms with Gasteiger partial charge in [-0.3, -0.25) is 15.0 Å². The van der Waals surface area contributed by atoms with Gasteiger partial charge in [0, 0.05) is 47.5 Å². The number of likely N-dealkylation sites (tertiary alicyclic amines) is 1.